The average molecular weight is 339 g/mol. The number of carbonyl (C=O) groups excluding carboxylic acids is 1. The number of aromatic amines is 1. The Hall–Kier alpha value is -2.70. The number of aryl methyl sites for hydroxylation is 2. The summed E-state index contributed by atoms with van der Waals surface area (Å²) in [5.41, 5.74) is 4.05. The van der Waals surface area contributed by atoms with E-state index in [9.17, 15) is 4.79 Å². The molecule has 25 heavy (non-hydrogen) atoms. The van der Waals surface area contributed by atoms with Crippen LogP contribution in [-0.4, -0.2) is 44.0 Å². The van der Waals surface area contributed by atoms with Gasteiger partial charge in [0.05, 0.1) is 5.69 Å². The summed E-state index contributed by atoms with van der Waals surface area (Å²) in [6.07, 6.45) is 4.45. The van der Waals surface area contributed by atoms with Gasteiger partial charge in [0, 0.05) is 43.4 Å². The minimum Gasteiger partial charge on any atom is -0.361 e. The molecule has 0 aliphatic carbocycles. The lowest BCUT2D eigenvalue weighted by Crippen LogP contribution is -2.28. The predicted octanol–water partition coefficient (Wildman–Crippen LogP) is 2.84. The quantitative estimate of drug-likeness (QED) is 0.789. The molecule has 3 aromatic rings. The Morgan fingerprint density at radius 2 is 2.32 bits per heavy atom. The lowest BCUT2D eigenvalue weighted by atomic mass is 10.1. The second kappa shape index (κ2) is 6.31. The molecule has 1 saturated heterocycles. The molecule has 0 bridgehead atoms. The van der Waals surface area contributed by atoms with Gasteiger partial charge in [-0.15, -0.1) is 0 Å². The van der Waals surface area contributed by atoms with Crippen molar-refractivity contribution in [2.45, 2.75) is 39.0 Å². The van der Waals surface area contributed by atoms with Gasteiger partial charge in [-0.2, -0.15) is 0 Å². The van der Waals surface area contributed by atoms with Crippen LogP contribution in [-0.2, 0) is 6.42 Å². The molecule has 7 nitrogen and oxygen atoms in total. The summed E-state index contributed by atoms with van der Waals surface area (Å²) in [5, 5.41) is 3.93. The monoisotopic (exact) mass is 339 g/mol. The summed E-state index contributed by atoms with van der Waals surface area (Å²) in [5.74, 6) is 0.976. The molecule has 1 aliphatic heterocycles. The van der Waals surface area contributed by atoms with Crippen molar-refractivity contribution in [3.63, 3.8) is 0 Å². The Bertz CT molecular complexity index is 913. The number of fused-ring (bicyclic) bond motifs is 1. The van der Waals surface area contributed by atoms with Gasteiger partial charge in [0.15, 0.2) is 11.3 Å². The molecule has 3 aromatic heterocycles. The van der Waals surface area contributed by atoms with Gasteiger partial charge in [-0.05, 0) is 25.8 Å². The topological polar surface area (TPSA) is 87.9 Å². The number of H-pyrrole nitrogens is 1. The molecule has 4 heterocycles. The third-order valence-corrected chi connectivity index (χ3v) is 4.67. The molecule has 130 valence electrons. The van der Waals surface area contributed by atoms with Crippen molar-refractivity contribution in [1.82, 2.24) is 25.0 Å². The highest BCUT2D eigenvalue weighted by Crippen LogP contribution is 2.29. The Balaban J connectivity index is 1.48. The Kier molecular flexibility index (Phi) is 3.99. The lowest BCUT2D eigenvalue weighted by Gasteiger charge is -2.14. The SMILES string of the molecule is CCCc1cc(C(=O)N2CC[C@@H](c3cc4ncc(C)nc4[nH]3)C2)no1. The van der Waals surface area contributed by atoms with Gasteiger partial charge in [-0.25, -0.2) is 4.98 Å². The zero-order valence-electron chi connectivity index (χ0n) is 14.5. The zero-order valence-corrected chi connectivity index (χ0v) is 14.5. The summed E-state index contributed by atoms with van der Waals surface area (Å²) in [6.45, 7) is 5.38. The molecule has 1 N–H and O–H groups in total. The first-order valence-corrected chi connectivity index (χ1v) is 8.71. The van der Waals surface area contributed by atoms with Crippen molar-refractivity contribution in [3.8, 4) is 0 Å². The molecule has 4 rings (SSSR count). The van der Waals surface area contributed by atoms with Crippen LogP contribution >= 0.6 is 0 Å². The smallest absolute Gasteiger partial charge is 0.276 e. The molecule has 1 aliphatic rings. The van der Waals surface area contributed by atoms with Crippen LogP contribution in [0.3, 0.4) is 0 Å². The number of amides is 1. The largest absolute Gasteiger partial charge is 0.361 e. The van der Waals surface area contributed by atoms with Crippen molar-refractivity contribution >= 4 is 17.1 Å². The van der Waals surface area contributed by atoms with E-state index in [4.69, 9.17) is 4.52 Å². The van der Waals surface area contributed by atoms with E-state index in [-0.39, 0.29) is 11.8 Å². The fourth-order valence-electron chi connectivity index (χ4n) is 3.36. The number of hydrogen-bond donors (Lipinski definition) is 1. The molecular weight excluding hydrogens is 318 g/mol. The Morgan fingerprint density at radius 3 is 3.16 bits per heavy atom. The molecule has 7 heteroatoms. The maximum Gasteiger partial charge on any atom is 0.276 e. The van der Waals surface area contributed by atoms with Crippen molar-refractivity contribution in [1.29, 1.82) is 0 Å². The van der Waals surface area contributed by atoms with Crippen LogP contribution < -0.4 is 0 Å². The van der Waals surface area contributed by atoms with Gasteiger partial charge < -0.3 is 14.4 Å². The van der Waals surface area contributed by atoms with Crippen molar-refractivity contribution < 1.29 is 9.32 Å². The number of nitrogens with zero attached hydrogens (tertiary/aromatic N) is 4. The van der Waals surface area contributed by atoms with E-state index in [1.807, 2.05) is 17.9 Å². The van der Waals surface area contributed by atoms with E-state index in [1.165, 1.54) is 0 Å². The minimum absolute atomic E-state index is 0.0585. The zero-order chi connectivity index (χ0) is 17.4. The van der Waals surface area contributed by atoms with E-state index >= 15 is 0 Å². The second-order valence-electron chi connectivity index (χ2n) is 6.64. The van der Waals surface area contributed by atoms with E-state index in [1.54, 1.807) is 12.3 Å². The normalized spacial score (nSPS) is 17.5. The number of carbonyl (C=O) groups is 1. The summed E-state index contributed by atoms with van der Waals surface area (Å²) >= 11 is 0. The van der Waals surface area contributed by atoms with Crippen LogP contribution in [0.1, 0.15) is 53.3 Å². The first-order valence-electron chi connectivity index (χ1n) is 8.71. The molecular formula is C18H21N5O2. The van der Waals surface area contributed by atoms with Crippen LogP contribution in [0.4, 0.5) is 0 Å². The molecule has 1 amide bonds. The lowest BCUT2D eigenvalue weighted by molar-refractivity contribution is 0.0780. The number of aromatic nitrogens is 4. The van der Waals surface area contributed by atoms with Crippen molar-refractivity contribution in [3.05, 3.63) is 41.2 Å². The van der Waals surface area contributed by atoms with Crippen molar-refractivity contribution in [2.24, 2.45) is 0 Å². The van der Waals surface area contributed by atoms with Gasteiger partial charge in [0.1, 0.15) is 11.3 Å². The fourth-order valence-corrected chi connectivity index (χ4v) is 3.36. The third kappa shape index (κ3) is 3.01. The van der Waals surface area contributed by atoms with Gasteiger partial charge in [-0.1, -0.05) is 12.1 Å². The molecule has 0 radical (unpaired) electrons. The highest BCUT2D eigenvalue weighted by molar-refractivity contribution is 5.92. The fraction of sp³-hybridized carbons (Fsp3) is 0.444. The summed E-state index contributed by atoms with van der Waals surface area (Å²) in [7, 11) is 0. The number of likely N-dealkylation sites (tertiary alicyclic amines) is 1. The van der Waals surface area contributed by atoms with E-state index in [0.29, 0.717) is 18.8 Å². The standard InChI is InChI=1S/C18H21N5O2/c1-3-4-13-7-16(22-25-13)18(24)23-6-5-12(10-23)14-8-15-17(21-14)20-11(2)9-19-15/h7-9,12H,3-6,10H2,1-2H3,(H,20,21)/t12-/m1/s1. The minimum atomic E-state index is -0.0585. The Labute approximate surface area is 145 Å². The number of nitrogens with one attached hydrogen (secondary N) is 1. The molecule has 0 spiro atoms. The van der Waals surface area contributed by atoms with E-state index in [2.05, 4.69) is 27.0 Å². The highest BCUT2D eigenvalue weighted by atomic mass is 16.5. The molecule has 0 saturated carbocycles. The second-order valence-corrected chi connectivity index (χ2v) is 6.64. The van der Waals surface area contributed by atoms with Gasteiger partial charge in [-0.3, -0.25) is 9.78 Å². The maximum atomic E-state index is 12.6. The van der Waals surface area contributed by atoms with Crippen LogP contribution in [0.5, 0.6) is 0 Å². The number of hydrogen-bond acceptors (Lipinski definition) is 5. The molecule has 1 atom stereocenters. The van der Waals surface area contributed by atoms with Crippen LogP contribution in [0, 0.1) is 6.92 Å². The molecule has 0 aromatic carbocycles. The summed E-state index contributed by atoms with van der Waals surface area (Å²) in [4.78, 5) is 26.7. The Morgan fingerprint density at radius 1 is 1.44 bits per heavy atom. The van der Waals surface area contributed by atoms with Crippen LogP contribution in [0.25, 0.3) is 11.2 Å². The molecule has 1 fully saturated rings. The first kappa shape index (κ1) is 15.8. The van der Waals surface area contributed by atoms with E-state index in [0.717, 1.165) is 47.6 Å². The number of rotatable bonds is 4. The predicted molar refractivity (Wildman–Crippen MR) is 92.4 cm³/mol. The van der Waals surface area contributed by atoms with Crippen molar-refractivity contribution in [2.75, 3.05) is 13.1 Å². The van der Waals surface area contributed by atoms with E-state index < -0.39 is 0 Å². The average Bonchev–Trinajstić information content (AvgIpc) is 3.33. The summed E-state index contributed by atoms with van der Waals surface area (Å²) < 4.78 is 5.23. The molecule has 0 unspecified atom stereocenters. The van der Waals surface area contributed by atoms with Gasteiger partial charge >= 0.3 is 0 Å². The van der Waals surface area contributed by atoms with Crippen LogP contribution in [0.2, 0.25) is 0 Å². The first-order chi connectivity index (χ1) is 12.1. The third-order valence-electron chi connectivity index (χ3n) is 4.67. The van der Waals surface area contributed by atoms with Gasteiger partial charge in [0.2, 0.25) is 0 Å². The van der Waals surface area contributed by atoms with Gasteiger partial charge in [0.25, 0.3) is 5.91 Å². The maximum absolute atomic E-state index is 12.6. The summed E-state index contributed by atoms with van der Waals surface area (Å²) in [6, 6.07) is 3.80. The highest BCUT2D eigenvalue weighted by Gasteiger charge is 2.30. The van der Waals surface area contributed by atoms with Crippen LogP contribution in [0.15, 0.2) is 22.9 Å².